The zero-order valence-electron chi connectivity index (χ0n) is 15.4. The van der Waals surface area contributed by atoms with Crippen molar-refractivity contribution in [3.05, 3.63) is 65.7 Å². The van der Waals surface area contributed by atoms with E-state index in [2.05, 4.69) is 15.3 Å². The molecular formula is C20H16F3N3O3. The highest BCUT2D eigenvalue weighted by Crippen LogP contribution is 2.30. The highest BCUT2D eigenvalue weighted by atomic mass is 19.4. The van der Waals surface area contributed by atoms with Crippen LogP contribution in [-0.4, -0.2) is 30.1 Å². The average Bonchev–Trinajstić information content (AvgIpc) is 2.73. The minimum atomic E-state index is -4.52. The minimum Gasteiger partial charge on any atom is -0.481 e. The Labute approximate surface area is 164 Å². The van der Waals surface area contributed by atoms with Gasteiger partial charge in [-0.15, -0.1) is 0 Å². The van der Waals surface area contributed by atoms with Crippen LogP contribution in [0.1, 0.15) is 15.9 Å². The largest absolute Gasteiger partial charge is 0.481 e. The molecule has 0 fully saturated rings. The molecule has 9 heteroatoms. The molecule has 2 aromatic carbocycles. The zero-order chi connectivity index (χ0) is 21.0. The van der Waals surface area contributed by atoms with Gasteiger partial charge in [0.2, 0.25) is 11.8 Å². The summed E-state index contributed by atoms with van der Waals surface area (Å²) in [5.74, 6) is 0.364. The molecular weight excluding hydrogens is 387 g/mol. The number of carbonyl (C=O) groups excluding carboxylic acids is 1. The Kier molecular flexibility index (Phi) is 5.67. The maximum atomic E-state index is 12.8. The molecule has 0 spiro atoms. The van der Waals surface area contributed by atoms with E-state index in [0.717, 1.165) is 12.1 Å². The zero-order valence-corrected chi connectivity index (χ0v) is 15.4. The second-order valence-electron chi connectivity index (χ2n) is 5.89. The molecule has 0 saturated carbocycles. The Balaban J connectivity index is 1.78. The van der Waals surface area contributed by atoms with Crippen molar-refractivity contribution in [3.63, 3.8) is 0 Å². The number of nitrogens with one attached hydrogen (secondary N) is 1. The van der Waals surface area contributed by atoms with E-state index in [1.807, 2.05) is 0 Å². The number of anilines is 1. The smallest absolute Gasteiger partial charge is 0.416 e. The molecule has 1 heterocycles. The van der Waals surface area contributed by atoms with Gasteiger partial charge in [0, 0.05) is 16.8 Å². The highest BCUT2D eigenvalue weighted by molar-refractivity contribution is 6.04. The first-order valence-corrected chi connectivity index (χ1v) is 8.36. The third-order valence-electron chi connectivity index (χ3n) is 3.95. The van der Waals surface area contributed by atoms with Gasteiger partial charge in [0.1, 0.15) is 0 Å². The average molecular weight is 403 g/mol. The molecule has 3 rings (SSSR count). The summed E-state index contributed by atoms with van der Waals surface area (Å²) in [5.41, 5.74) is 0.0691. The molecule has 29 heavy (non-hydrogen) atoms. The molecule has 150 valence electrons. The first kappa shape index (κ1) is 20.1. The van der Waals surface area contributed by atoms with Gasteiger partial charge < -0.3 is 14.8 Å². The summed E-state index contributed by atoms with van der Waals surface area (Å²) in [6.45, 7) is 0. The predicted octanol–water partition coefficient (Wildman–Crippen LogP) is 4.43. The highest BCUT2D eigenvalue weighted by Gasteiger charge is 2.30. The monoisotopic (exact) mass is 403 g/mol. The number of alkyl halides is 3. The van der Waals surface area contributed by atoms with E-state index in [1.165, 1.54) is 32.4 Å². The molecule has 0 aliphatic carbocycles. The molecule has 0 unspecified atom stereocenters. The lowest BCUT2D eigenvalue weighted by molar-refractivity contribution is -0.137. The van der Waals surface area contributed by atoms with Crippen LogP contribution in [0.5, 0.6) is 11.8 Å². The number of nitrogens with zero attached hydrogens (tertiary/aromatic N) is 2. The van der Waals surface area contributed by atoms with Gasteiger partial charge >= 0.3 is 6.18 Å². The number of hydrogen-bond acceptors (Lipinski definition) is 5. The molecule has 3 aromatic rings. The number of hydrogen-bond donors (Lipinski definition) is 1. The van der Waals surface area contributed by atoms with Crippen LogP contribution in [0.3, 0.4) is 0 Å². The van der Waals surface area contributed by atoms with Crippen LogP contribution >= 0.6 is 0 Å². The summed E-state index contributed by atoms with van der Waals surface area (Å²) in [4.78, 5) is 20.7. The van der Waals surface area contributed by atoms with E-state index in [9.17, 15) is 18.0 Å². The van der Waals surface area contributed by atoms with Crippen molar-refractivity contribution in [1.82, 2.24) is 9.97 Å². The summed E-state index contributed by atoms with van der Waals surface area (Å²) >= 11 is 0. The Morgan fingerprint density at radius 1 is 0.931 bits per heavy atom. The van der Waals surface area contributed by atoms with Crippen molar-refractivity contribution < 1.29 is 27.4 Å². The maximum Gasteiger partial charge on any atom is 0.416 e. The van der Waals surface area contributed by atoms with Gasteiger partial charge in [0.15, 0.2) is 5.82 Å². The normalized spacial score (nSPS) is 11.1. The van der Waals surface area contributed by atoms with Gasteiger partial charge in [-0.3, -0.25) is 4.79 Å². The number of carbonyl (C=O) groups is 1. The van der Waals surface area contributed by atoms with E-state index in [1.54, 1.807) is 24.3 Å². The number of benzene rings is 2. The van der Waals surface area contributed by atoms with Gasteiger partial charge in [-0.25, -0.2) is 0 Å². The van der Waals surface area contributed by atoms with Crippen LogP contribution in [0.25, 0.3) is 11.4 Å². The molecule has 0 saturated heterocycles. The molecule has 1 N–H and O–H groups in total. The third kappa shape index (κ3) is 4.81. The lowest BCUT2D eigenvalue weighted by Gasteiger charge is -2.10. The van der Waals surface area contributed by atoms with E-state index >= 15 is 0 Å². The van der Waals surface area contributed by atoms with Crippen LogP contribution in [0.2, 0.25) is 0 Å². The second-order valence-corrected chi connectivity index (χ2v) is 5.89. The number of halogens is 3. The molecule has 0 aliphatic heterocycles. The second kappa shape index (κ2) is 8.17. The summed E-state index contributed by atoms with van der Waals surface area (Å²) in [6, 6.07) is 12.3. The number of ether oxygens (including phenoxy) is 2. The van der Waals surface area contributed by atoms with Crippen molar-refractivity contribution in [2.75, 3.05) is 19.5 Å². The Morgan fingerprint density at radius 2 is 1.55 bits per heavy atom. The van der Waals surface area contributed by atoms with Gasteiger partial charge in [-0.1, -0.05) is 6.07 Å². The molecule has 0 aliphatic rings. The quantitative estimate of drug-likeness (QED) is 0.682. The van der Waals surface area contributed by atoms with Crippen LogP contribution in [-0.2, 0) is 6.18 Å². The fourth-order valence-electron chi connectivity index (χ4n) is 2.48. The number of amides is 1. The maximum absolute atomic E-state index is 12.8. The summed E-state index contributed by atoms with van der Waals surface area (Å²) in [6.07, 6.45) is -4.52. The summed E-state index contributed by atoms with van der Waals surface area (Å²) < 4.78 is 48.7. The lowest BCUT2D eigenvalue weighted by atomic mass is 10.1. The fourth-order valence-corrected chi connectivity index (χ4v) is 2.48. The summed E-state index contributed by atoms with van der Waals surface area (Å²) in [7, 11) is 2.94. The van der Waals surface area contributed by atoms with E-state index in [0.29, 0.717) is 28.8 Å². The van der Waals surface area contributed by atoms with E-state index < -0.39 is 17.6 Å². The van der Waals surface area contributed by atoms with Crippen molar-refractivity contribution in [2.24, 2.45) is 0 Å². The Bertz CT molecular complexity index is 999. The molecule has 0 bridgehead atoms. The predicted molar refractivity (Wildman–Crippen MR) is 100.0 cm³/mol. The van der Waals surface area contributed by atoms with E-state index in [-0.39, 0.29) is 5.56 Å². The van der Waals surface area contributed by atoms with Crippen molar-refractivity contribution in [2.45, 2.75) is 6.18 Å². The molecule has 0 atom stereocenters. The number of aromatic nitrogens is 2. The topological polar surface area (TPSA) is 73.3 Å². The SMILES string of the molecule is COc1cc(OC)nc(-c2ccc(NC(=O)c3cccc(C(F)(F)F)c3)cc2)n1. The first-order valence-electron chi connectivity index (χ1n) is 8.36. The van der Waals surface area contributed by atoms with Gasteiger partial charge in [-0.2, -0.15) is 23.1 Å². The number of methoxy groups -OCH3 is 2. The van der Waals surface area contributed by atoms with Crippen LogP contribution < -0.4 is 14.8 Å². The van der Waals surface area contributed by atoms with Crippen LogP contribution in [0, 0.1) is 0 Å². The Morgan fingerprint density at radius 3 is 2.10 bits per heavy atom. The molecule has 1 amide bonds. The molecule has 0 radical (unpaired) electrons. The van der Waals surface area contributed by atoms with E-state index in [4.69, 9.17) is 9.47 Å². The van der Waals surface area contributed by atoms with Gasteiger partial charge in [0.25, 0.3) is 5.91 Å². The van der Waals surface area contributed by atoms with Crippen molar-refractivity contribution in [1.29, 1.82) is 0 Å². The minimum absolute atomic E-state index is 0.0928. The first-order chi connectivity index (χ1) is 13.8. The lowest BCUT2D eigenvalue weighted by Crippen LogP contribution is -2.13. The van der Waals surface area contributed by atoms with Crippen LogP contribution in [0.4, 0.5) is 18.9 Å². The fraction of sp³-hybridized carbons (Fsp3) is 0.150. The molecule has 6 nitrogen and oxygen atoms in total. The Hall–Kier alpha value is -3.62. The van der Waals surface area contributed by atoms with Crippen molar-refractivity contribution in [3.8, 4) is 23.1 Å². The number of rotatable bonds is 5. The van der Waals surface area contributed by atoms with Crippen LogP contribution in [0.15, 0.2) is 54.6 Å². The standard InChI is InChI=1S/C20H16F3N3O3/c1-28-16-11-17(29-2)26-18(25-16)12-6-8-15(9-7-12)24-19(27)13-4-3-5-14(10-13)20(21,22)23/h3-11H,1-2H3,(H,24,27). The van der Waals surface area contributed by atoms with Crippen molar-refractivity contribution >= 4 is 11.6 Å². The third-order valence-corrected chi connectivity index (χ3v) is 3.95. The molecule has 1 aromatic heterocycles. The van der Waals surface area contributed by atoms with Gasteiger partial charge in [-0.05, 0) is 42.5 Å². The summed E-state index contributed by atoms with van der Waals surface area (Å²) in [5, 5.41) is 2.56. The van der Waals surface area contributed by atoms with Gasteiger partial charge in [0.05, 0.1) is 25.8 Å².